The molecule has 0 saturated carbocycles. The highest BCUT2D eigenvalue weighted by Gasteiger charge is 2.13. The molecule has 0 aliphatic rings. The lowest BCUT2D eigenvalue weighted by Gasteiger charge is -1.84. The molecule has 2 N–H and O–H groups in total. The number of nitrogens with two attached hydrogens (primary N) is 1. The average molecular weight is 328 g/mol. The first-order chi connectivity index (χ1) is 8.22. The summed E-state index contributed by atoms with van der Waals surface area (Å²) in [5.41, 5.74) is 5.66. The highest BCUT2D eigenvalue weighted by atomic mass is 79.9. The molecule has 3 aromatic rings. The Labute approximate surface area is 113 Å². The van der Waals surface area contributed by atoms with Crippen molar-refractivity contribution in [2.24, 2.45) is 0 Å². The summed E-state index contributed by atoms with van der Waals surface area (Å²) in [5.74, 6) is 1.11. The van der Waals surface area contributed by atoms with Gasteiger partial charge in [0.25, 0.3) is 5.89 Å². The van der Waals surface area contributed by atoms with E-state index in [9.17, 15) is 0 Å². The first kappa shape index (κ1) is 10.9. The van der Waals surface area contributed by atoms with Gasteiger partial charge in [0.2, 0.25) is 5.82 Å². The molecule has 3 rings (SSSR count). The van der Waals surface area contributed by atoms with Crippen molar-refractivity contribution in [2.45, 2.75) is 0 Å². The molecule has 17 heavy (non-hydrogen) atoms. The molecular weight excluding hydrogens is 322 g/mol. The van der Waals surface area contributed by atoms with Crippen LogP contribution in [0.3, 0.4) is 0 Å². The summed E-state index contributed by atoms with van der Waals surface area (Å²) in [7, 11) is 0. The summed E-state index contributed by atoms with van der Waals surface area (Å²) in [6, 6.07) is 7.61. The minimum absolute atomic E-state index is 0.506. The minimum Gasteiger partial charge on any atom is -0.391 e. The normalized spacial score (nSPS) is 10.9. The van der Waals surface area contributed by atoms with E-state index in [4.69, 9.17) is 10.3 Å². The summed E-state index contributed by atoms with van der Waals surface area (Å²) in [4.78, 5) is 6.20. The molecular formula is C10H6BrN3OS2. The molecule has 3 aromatic heterocycles. The predicted molar refractivity (Wildman–Crippen MR) is 73.0 cm³/mol. The van der Waals surface area contributed by atoms with Gasteiger partial charge in [0, 0.05) is 0 Å². The van der Waals surface area contributed by atoms with Gasteiger partial charge in [0.15, 0.2) is 0 Å². The zero-order valence-corrected chi connectivity index (χ0v) is 11.6. The third-order valence-corrected chi connectivity index (χ3v) is 4.58. The molecule has 0 atom stereocenters. The Morgan fingerprint density at radius 3 is 2.59 bits per heavy atom. The van der Waals surface area contributed by atoms with Crippen LogP contribution < -0.4 is 5.73 Å². The van der Waals surface area contributed by atoms with Crippen molar-refractivity contribution in [1.82, 2.24) is 10.1 Å². The standard InChI is InChI=1S/C10H6BrN3OS2/c11-7-3-1-5(16-7)9-13-10(15-14-9)6-2-4-8(12)17-6/h1-4H,12H2. The summed E-state index contributed by atoms with van der Waals surface area (Å²) in [6.07, 6.45) is 0. The van der Waals surface area contributed by atoms with Crippen LogP contribution in [0.4, 0.5) is 5.00 Å². The Morgan fingerprint density at radius 2 is 1.94 bits per heavy atom. The Hall–Kier alpha value is -1.18. The van der Waals surface area contributed by atoms with Crippen LogP contribution in [-0.2, 0) is 0 Å². The van der Waals surface area contributed by atoms with Gasteiger partial charge in [-0.3, -0.25) is 0 Å². The van der Waals surface area contributed by atoms with E-state index in [0.717, 1.165) is 18.5 Å². The van der Waals surface area contributed by atoms with Crippen LogP contribution >= 0.6 is 38.6 Å². The van der Waals surface area contributed by atoms with Crippen LogP contribution in [0.1, 0.15) is 0 Å². The largest absolute Gasteiger partial charge is 0.391 e. The summed E-state index contributed by atoms with van der Waals surface area (Å²) in [5, 5.41) is 4.69. The molecule has 0 spiro atoms. The molecule has 0 saturated heterocycles. The molecule has 0 aliphatic carbocycles. The van der Waals surface area contributed by atoms with Crippen LogP contribution in [0.15, 0.2) is 32.6 Å². The molecule has 0 unspecified atom stereocenters. The van der Waals surface area contributed by atoms with Crippen LogP contribution in [0.2, 0.25) is 0 Å². The van der Waals surface area contributed by atoms with Gasteiger partial charge in [0.05, 0.1) is 18.5 Å². The van der Waals surface area contributed by atoms with E-state index in [0.29, 0.717) is 11.7 Å². The van der Waals surface area contributed by atoms with Crippen molar-refractivity contribution < 1.29 is 4.52 Å². The average Bonchev–Trinajstić information content (AvgIpc) is 2.96. The van der Waals surface area contributed by atoms with Crippen molar-refractivity contribution in [3.8, 4) is 21.5 Å². The second kappa shape index (κ2) is 4.25. The molecule has 0 radical (unpaired) electrons. The lowest BCUT2D eigenvalue weighted by molar-refractivity contribution is 0.433. The quantitative estimate of drug-likeness (QED) is 0.775. The molecule has 3 heterocycles. The van der Waals surface area contributed by atoms with E-state index < -0.39 is 0 Å². The first-order valence-corrected chi connectivity index (χ1v) is 7.10. The molecule has 0 aromatic carbocycles. The van der Waals surface area contributed by atoms with Crippen LogP contribution in [0.25, 0.3) is 21.5 Å². The molecule has 4 nitrogen and oxygen atoms in total. The van der Waals surface area contributed by atoms with Gasteiger partial charge in [-0.15, -0.1) is 22.7 Å². The van der Waals surface area contributed by atoms with E-state index in [1.807, 2.05) is 24.3 Å². The van der Waals surface area contributed by atoms with Gasteiger partial charge in [-0.25, -0.2) is 0 Å². The Kier molecular flexibility index (Phi) is 2.73. The third kappa shape index (κ3) is 2.13. The number of nitrogen functional groups attached to an aromatic ring is 1. The predicted octanol–water partition coefficient (Wildman–Crippen LogP) is 3.87. The summed E-state index contributed by atoms with van der Waals surface area (Å²) < 4.78 is 6.25. The van der Waals surface area contributed by atoms with Crippen molar-refractivity contribution in [3.05, 3.63) is 28.1 Å². The highest BCUT2D eigenvalue weighted by Crippen LogP contribution is 2.33. The highest BCUT2D eigenvalue weighted by molar-refractivity contribution is 9.11. The van der Waals surface area contributed by atoms with E-state index in [-0.39, 0.29) is 0 Å². The number of anilines is 1. The fourth-order valence-corrected chi connectivity index (χ4v) is 3.33. The van der Waals surface area contributed by atoms with E-state index >= 15 is 0 Å². The van der Waals surface area contributed by atoms with E-state index in [1.165, 1.54) is 11.3 Å². The third-order valence-electron chi connectivity index (χ3n) is 2.06. The molecule has 86 valence electrons. The molecule has 0 fully saturated rings. The Balaban J connectivity index is 1.98. The minimum atomic E-state index is 0.506. The lowest BCUT2D eigenvalue weighted by Crippen LogP contribution is -1.75. The first-order valence-electron chi connectivity index (χ1n) is 4.67. The second-order valence-corrected chi connectivity index (χ2v) is 6.81. The molecule has 0 amide bonds. The van der Waals surface area contributed by atoms with Gasteiger partial charge in [-0.05, 0) is 40.2 Å². The van der Waals surface area contributed by atoms with Crippen LogP contribution in [-0.4, -0.2) is 10.1 Å². The van der Waals surface area contributed by atoms with Crippen LogP contribution in [0, 0.1) is 0 Å². The number of nitrogens with zero attached hydrogens (tertiary/aromatic N) is 2. The number of aromatic nitrogens is 2. The van der Waals surface area contributed by atoms with Gasteiger partial charge in [-0.1, -0.05) is 5.16 Å². The van der Waals surface area contributed by atoms with E-state index in [1.54, 1.807) is 11.3 Å². The molecule has 0 bridgehead atoms. The molecule has 7 heteroatoms. The van der Waals surface area contributed by atoms with Crippen LogP contribution in [0.5, 0.6) is 0 Å². The monoisotopic (exact) mass is 327 g/mol. The van der Waals surface area contributed by atoms with E-state index in [2.05, 4.69) is 26.1 Å². The Bertz CT molecular complexity index is 603. The Morgan fingerprint density at radius 1 is 1.12 bits per heavy atom. The summed E-state index contributed by atoms with van der Waals surface area (Å²) in [6.45, 7) is 0. The van der Waals surface area contributed by atoms with Gasteiger partial charge >= 0.3 is 0 Å². The number of thiophene rings is 2. The van der Waals surface area contributed by atoms with Crippen molar-refractivity contribution in [2.75, 3.05) is 5.73 Å². The number of rotatable bonds is 2. The van der Waals surface area contributed by atoms with Gasteiger partial charge < -0.3 is 10.3 Å². The number of halogens is 1. The topological polar surface area (TPSA) is 64.9 Å². The maximum absolute atomic E-state index is 5.66. The fourth-order valence-electron chi connectivity index (χ4n) is 1.33. The van der Waals surface area contributed by atoms with Gasteiger partial charge in [0.1, 0.15) is 0 Å². The summed E-state index contributed by atoms with van der Waals surface area (Å²) >= 11 is 6.40. The van der Waals surface area contributed by atoms with Crippen molar-refractivity contribution >= 4 is 43.6 Å². The maximum atomic E-state index is 5.66. The zero-order chi connectivity index (χ0) is 11.8. The van der Waals surface area contributed by atoms with Gasteiger partial charge in [-0.2, -0.15) is 4.98 Å². The van der Waals surface area contributed by atoms with Crippen molar-refractivity contribution in [1.29, 1.82) is 0 Å². The zero-order valence-electron chi connectivity index (χ0n) is 8.38. The number of hydrogen-bond acceptors (Lipinski definition) is 6. The fraction of sp³-hybridized carbons (Fsp3) is 0. The van der Waals surface area contributed by atoms with Crippen molar-refractivity contribution in [3.63, 3.8) is 0 Å². The molecule has 0 aliphatic heterocycles. The smallest absolute Gasteiger partial charge is 0.268 e. The maximum Gasteiger partial charge on any atom is 0.268 e. The number of hydrogen-bond donors (Lipinski definition) is 1. The second-order valence-electron chi connectivity index (χ2n) is 3.23. The SMILES string of the molecule is Nc1ccc(-c2nc(-c3ccc(Br)s3)no2)s1. The lowest BCUT2D eigenvalue weighted by atomic mass is 10.4.